The van der Waals surface area contributed by atoms with Crippen LogP contribution in [-0.4, -0.2) is 14.2 Å². The van der Waals surface area contributed by atoms with Crippen LogP contribution in [0.2, 0.25) is 0 Å². The van der Waals surface area contributed by atoms with E-state index >= 15 is 0 Å². The standard InChI is InChI=1S/C16H19FN2O2/c1-20-14-9-8-12(10-13(14)17)15(19-18)16(21-2)11-6-4-3-5-7-11/h3-10,15-16,19H,18H2,1-2H3. The van der Waals surface area contributed by atoms with Gasteiger partial charge in [-0.05, 0) is 23.3 Å². The Morgan fingerprint density at radius 1 is 1.05 bits per heavy atom. The van der Waals surface area contributed by atoms with Crippen LogP contribution < -0.4 is 16.0 Å². The highest BCUT2D eigenvalue weighted by Crippen LogP contribution is 2.32. The van der Waals surface area contributed by atoms with Gasteiger partial charge in [-0.3, -0.25) is 5.84 Å². The second-order valence-corrected chi connectivity index (χ2v) is 4.61. The minimum absolute atomic E-state index is 0.197. The molecule has 0 aromatic heterocycles. The number of ether oxygens (including phenoxy) is 2. The van der Waals surface area contributed by atoms with E-state index in [1.807, 2.05) is 30.3 Å². The monoisotopic (exact) mass is 290 g/mol. The maximum Gasteiger partial charge on any atom is 0.165 e. The SMILES string of the molecule is COc1ccc(C(NN)C(OC)c2ccccc2)cc1F. The number of halogens is 1. The van der Waals surface area contributed by atoms with Gasteiger partial charge in [0.25, 0.3) is 0 Å². The van der Waals surface area contributed by atoms with Crippen LogP contribution in [-0.2, 0) is 4.74 Å². The van der Waals surface area contributed by atoms with Crippen LogP contribution in [0.15, 0.2) is 48.5 Å². The molecule has 2 rings (SSSR count). The van der Waals surface area contributed by atoms with Crippen LogP contribution in [0.5, 0.6) is 5.75 Å². The lowest BCUT2D eigenvalue weighted by molar-refractivity contribution is 0.0675. The minimum atomic E-state index is -0.432. The van der Waals surface area contributed by atoms with Gasteiger partial charge in [-0.2, -0.15) is 0 Å². The van der Waals surface area contributed by atoms with Crippen LogP contribution in [0.4, 0.5) is 4.39 Å². The molecule has 2 aromatic rings. The van der Waals surface area contributed by atoms with E-state index in [1.54, 1.807) is 19.2 Å². The fourth-order valence-corrected chi connectivity index (χ4v) is 2.34. The van der Waals surface area contributed by atoms with Gasteiger partial charge in [0.1, 0.15) is 6.10 Å². The minimum Gasteiger partial charge on any atom is -0.494 e. The molecule has 0 saturated carbocycles. The van der Waals surface area contributed by atoms with Gasteiger partial charge in [-0.1, -0.05) is 36.4 Å². The van der Waals surface area contributed by atoms with Gasteiger partial charge in [0.15, 0.2) is 11.6 Å². The summed E-state index contributed by atoms with van der Waals surface area (Å²) in [5.41, 5.74) is 4.34. The second kappa shape index (κ2) is 7.17. The maximum atomic E-state index is 13.9. The molecular formula is C16H19FN2O2. The average molecular weight is 290 g/mol. The molecule has 0 heterocycles. The first-order valence-corrected chi connectivity index (χ1v) is 6.58. The quantitative estimate of drug-likeness (QED) is 0.634. The number of hydrazine groups is 1. The largest absolute Gasteiger partial charge is 0.494 e. The molecule has 2 atom stereocenters. The lowest BCUT2D eigenvalue weighted by Crippen LogP contribution is -2.33. The zero-order valence-corrected chi connectivity index (χ0v) is 12.0. The number of hydrogen-bond donors (Lipinski definition) is 2. The Balaban J connectivity index is 2.35. The summed E-state index contributed by atoms with van der Waals surface area (Å²) >= 11 is 0. The molecule has 0 radical (unpaired) electrons. The lowest BCUT2D eigenvalue weighted by Gasteiger charge is -2.26. The van der Waals surface area contributed by atoms with E-state index in [2.05, 4.69) is 5.43 Å². The third-order valence-electron chi connectivity index (χ3n) is 3.40. The Bertz CT molecular complexity index is 578. The highest BCUT2D eigenvalue weighted by Gasteiger charge is 2.24. The molecule has 5 heteroatoms. The summed E-state index contributed by atoms with van der Waals surface area (Å²) in [4.78, 5) is 0. The van der Waals surface area contributed by atoms with Crippen molar-refractivity contribution in [3.05, 3.63) is 65.5 Å². The lowest BCUT2D eigenvalue weighted by atomic mass is 9.96. The van der Waals surface area contributed by atoms with E-state index in [-0.39, 0.29) is 17.9 Å². The van der Waals surface area contributed by atoms with Crippen molar-refractivity contribution in [2.45, 2.75) is 12.1 Å². The van der Waals surface area contributed by atoms with Crippen LogP contribution in [0, 0.1) is 5.82 Å². The van der Waals surface area contributed by atoms with Crippen LogP contribution in [0.25, 0.3) is 0 Å². The van der Waals surface area contributed by atoms with Crippen molar-refractivity contribution in [3.8, 4) is 5.75 Å². The predicted molar refractivity (Wildman–Crippen MR) is 79.2 cm³/mol. The Labute approximate surface area is 123 Å². The summed E-state index contributed by atoms with van der Waals surface area (Å²) < 4.78 is 24.4. The normalized spacial score (nSPS) is 13.7. The molecule has 112 valence electrons. The van der Waals surface area contributed by atoms with E-state index in [1.165, 1.54) is 13.2 Å². The molecule has 0 bridgehead atoms. The highest BCUT2D eigenvalue weighted by molar-refractivity contribution is 5.33. The molecule has 0 saturated heterocycles. The van der Waals surface area contributed by atoms with E-state index in [4.69, 9.17) is 15.3 Å². The molecule has 0 spiro atoms. The summed E-state index contributed by atoms with van der Waals surface area (Å²) in [6.45, 7) is 0. The van der Waals surface area contributed by atoms with Gasteiger partial charge in [0, 0.05) is 7.11 Å². The van der Waals surface area contributed by atoms with Gasteiger partial charge in [0.05, 0.1) is 13.2 Å². The van der Waals surface area contributed by atoms with Crippen molar-refractivity contribution in [1.29, 1.82) is 0 Å². The third kappa shape index (κ3) is 3.39. The van der Waals surface area contributed by atoms with Crippen molar-refractivity contribution >= 4 is 0 Å². The fourth-order valence-electron chi connectivity index (χ4n) is 2.34. The van der Waals surface area contributed by atoms with E-state index in [0.717, 1.165) is 5.56 Å². The van der Waals surface area contributed by atoms with Gasteiger partial charge in [-0.15, -0.1) is 0 Å². The zero-order valence-electron chi connectivity index (χ0n) is 12.0. The van der Waals surface area contributed by atoms with E-state index < -0.39 is 5.82 Å². The summed E-state index contributed by atoms with van der Waals surface area (Å²) in [5, 5.41) is 0. The van der Waals surface area contributed by atoms with Gasteiger partial charge in [-0.25, -0.2) is 9.82 Å². The molecular weight excluding hydrogens is 271 g/mol. The summed E-state index contributed by atoms with van der Waals surface area (Å²) in [6, 6.07) is 14.0. The summed E-state index contributed by atoms with van der Waals surface area (Å²) in [7, 11) is 3.03. The average Bonchev–Trinajstić information content (AvgIpc) is 2.53. The summed E-state index contributed by atoms with van der Waals surface area (Å²) in [5.74, 6) is 5.42. The fraction of sp³-hybridized carbons (Fsp3) is 0.250. The van der Waals surface area contributed by atoms with Crippen molar-refractivity contribution in [1.82, 2.24) is 5.43 Å². The highest BCUT2D eigenvalue weighted by atomic mass is 19.1. The molecule has 21 heavy (non-hydrogen) atoms. The number of hydrogen-bond acceptors (Lipinski definition) is 4. The Morgan fingerprint density at radius 3 is 2.29 bits per heavy atom. The first kappa shape index (κ1) is 15.4. The first-order valence-electron chi connectivity index (χ1n) is 6.58. The molecule has 0 amide bonds. The molecule has 3 N–H and O–H groups in total. The number of methoxy groups -OCH3 is 2. The molecule has 0 aliphatic rings. The molecule has 0 aliphatic heterocycles. The Hall–Kier alpha value is -1.95. The zero-order chi connectivity index (χ0) is 15.2. The van der Waals surface area contributed by atoms with Crippen LogP contribution in [0.1, 0.15) is 23.3 Å². The van der Waals surface area contributed by atoms with Crippen molar-refractivity contribution in [2.24, 2.45) is 5.84 Å². The first-order chi connectivity index (χ1) is 10.2. The predicted octanol–water partition coefficient (Wildman–Crippen LogP) is 2.73. The second-order valence-electron chi connectivity index (χ2n) is 4.61. The van der Waals surface area contributed by atoms with E-state index in [9.17, 15) is 4.39 Å². The Kier molecular flexibility index (Phi) is 5.27. The van der Waals surface area contributed by atoms with Gasteiger partial charge in [0.2, 0.25) is 0 Å². The van der Waals surface area contributed by atoms with Crippen molar-refractivity contribution in [3.63, 3.8) is 0 Å². The van der Waals surface area contributed by atoms with Crippen molar-refractivity contribution in [2.75, 3.05) is 14.2 Å². The van der Waals surface area contributed by atoms with Crippen molar-refractivity contribution < 1.29 is 13.9 Å². The van der Waals surface area contributed by atoms with Crippen LogP contribution >= 0.6 is 0 Å². The smallest absolute Gasteiger partial charge is 0.165 e. The number of rotatable bonds is 6. The summed E-state index contributed by atoms with van der Waals surface area (Å²) in [6.07, 6.45) is -0.330. The van der Waals surface area contributed by atoms with Gasteiger partial charge >= 0.3 is 0 Å². The van der Waals surface area contributed by atoms with Crippen LogP contribution in [0.3, 0.4) is 0 Å². The Morgan fingerprint density at radius 2 is 1.76 bits per heavy atom. The molecule has 0 aliphatic carbocycles. The number of benzene rings is 2. The maximum absolute atomic E-state index is 13.9. The van der Waals surface area contributed by atoms with Gasteiger partial charge < -0.3 is 9.47 Å². The number of nitrogens with two attached hydrogens (primary N) is 1. The third-order valence-corrected chi connectivity index (χ3v) is 3.40. The number of nitrogens with one attached hydrogen (secondary N) is 1. The molecule has 2 aromatic carbocycles. The molecule has 0 fully saturated rings. The molecule has 4 nitrogen and oxygen atoms in total. The van der Waals surface area contributed by atoms with E-state index in [0.29, 0.717) is 5.56 Å². The molecule has 2 unspecified atom stereocenters. The topological polar surface area (TPSA) is 56.5 Å².